The predicted molar refractivity (Wildman–Crippen MR) is 120 cm³/mol. The van der Waals surface area contributed by atoms with E-state index in [9.17, 15) is 9.18 Å². The topological polar surface area (TPSA) is 69.5 Å². The number of rotatable bonds is 7. The quantitative estimate of drug-likeness (QED) is 0.388. The maximum absolute atomic E-state index is 14.2. The lowest BCUT2D eigenvalue weighted by atomic mass is 10.2. The molecule has 0 saturated carbocycles. The lowest BCUT2D eigenvalue weighted by Crippen LogP contribution is -2.30. The van der Waals surface area contributed by atoms with Gasteiger partial charge in [-0.15, -0.1) is 0 Å². The number of aromatic nitrogens is 3. The van der Waals surface area contributed by atoms with Gasteiger partial charge in [-0.25, -0.2) is 14.4 Å². The Labute approximate surface area is 187 Å². The number of carbonyl (C=O) groups is 1. The number of thiazole rings is 1. The maximum Gasteiger partial charge on any atom is 0.252 e. The van der Waals surface area contributed by atoms with E-state index in [0.717, 1.165) is 5.56 Å². The van der Waals surface area contributed by atoms with Crippen LogP contribution in [0.5, 0.6) is 11.5 Å². The molecule has 1 amide bonds. The van der Waals surface area contributed by atoms with Gasteiger partial charge < -0.3 is 14.0 Å². The lowest BCUT2D eigenvalue weighted by molar-refractivity contribution is -0.114. The molecule has 0 unspecified atom stereocenters. The van der Waals surface area contributed by atoms with Gasteiger partial charge in [-0.3, -0.25) is 9.69 Å². The molecule has 1 aliphatic heterocycles. The summed E-state index contributed by atoms with van der Waals surface area (Å²) in [6.45, 7) is 1.33. The Balaban J connectivity index is 1.38. The number of para-hydroxylation sites is 1. The second-order valence-corrected chi connectivity index (χ2v) is 8.18. The Morgan fingerprint density at radius 3 is 3.00 bits per heavy atom. The Kier molecular flexibility index (Phi) is 5.55. The molecule has 162 valence electrons. The Hall–Kier alpha value is -3.72. The number of anilines is 1. The van der Waals surface area contributed by atoms with E-state index in [2.05, 4.69) is 9.97 Å². The van der Waals surface area contributed by atoms with E-state index in [-0.39, 0.29) is 18.2 Å². The van der Waals surface area contributed by atoms with Crippen molar-refractivity contribution in [3.63, 3.8) is 0 Å². The highest BCUT2D eigenvalue weighted by molar-refractivity contribution is 7.22. The first-order valence-corrected chi connectivity index (χ1v) is 10.9. The van der Waals surface area contributed by atoms with Crippen molar-refractivity contribution in [2.75, 3.05) is 18.2 Å². The number of nitrogens with zero attached hydrogens (tertiary/aromatic N) is 4. The fraction of sp³-hybridized carbons (Fsp3) is 0.174. The van der Waals surface area contributed by atoms with E-state index in [1.807, 2.05) is 29.0 Å². The first-order chi connectivity index (χ1) is 15.7. The molecule has 4 aromatic rings. The van der Waals surface area contributed by atoms with E-state index in [1.54, 1.807) is 35.6 Å². The van der Waals surface area contributed by atoms with Crippen molar-refractivity contribution in [3.8, 4) is 11.5 Å². The molecule has 5 rings (SSSR count). The Morgan fingerprint density at radius 2 is 2.16 bits per heavy atom. The molecule has 7 nitrogen and oxygen atoms in total. The predicted octanol–water partition coefficient (Wildman–Crippen LogP) is 4.50. The zero-order chi connectivity index (χ0) is 21.9. The zero-order valence-electron chi connectivity index (χ0n) is 17.0. The molecular weight excluding hydrogens is 431 g/mol. The Bertz CT molecular complexity index is 1290. The van der Waals surface area contributed by atoms with Gasteiger partial charge in [0, 0.05) is 31.6 Å². The second kappa shape index (κ2) is 8.80. The van der Waals surface area contributed by atoms with Gasteiger partial charge in [-0.1, -0.05) is 23.5 Å². The number of hydrogen-bond donors (Lipinski definition) is 0. The van der Waals surface area contributed by atoms with Gasteiger partial charge in [0.05, 0.1) is 11.0 Å². The average Bonchev–Trinajstić information content (AvgIpc) is 3.55. The zero-order valence-corrected chi connectivity index (χ0v) is 17.8. The largest absolute Gasteiger partial charge is 0.454 e. The molecule has 0 saturated heterocycles. The molecule has 0 atom stereocenters. The molecule has 2 aromatic heterocycles. The highest BCUT2D eigenvalue weighted by atomic mass is 32.1. The van der Waals surface area contributed by atoms with Crippen molar-refractivity contribution in [2.45, 2.75) is 13.0 Å². The summed E-state index contributed by atoms with van der Waals surface area (Å²) in [6, 6.07) is 10.3. The molecule has 0 bridgehead atoms. The molecule has 32 heavy (non-hydrogen) atoms. The fourth-order valence-electron chi connectivity index (χ4n) is 3.42. The summed E-state index contributed by atoms with van der Waals surface area (Å²) in [5, 5.41) is 0.469. The van der Waals surface area contributed by atoms with Crippen LogP contribution in [-0.2, 0) is 11.3 Å². The fourth-order valence-corrected chi connectivity index (χ4v) is 4.43. The van der Waals surface area contributed by atoms with Crippen molar-refractivity contribution in [1.82, 2.24) is 14.5 Å². The van der Waals surface area contributed by atoms with E-state index >= 15 is 0 Å². The number of fused-ring (bicyclic) bond motifs is 2. The summed E-state index contributed by atoms with van der Waals surface area (Å²) in [6.07, 6.45) is 9.24. The number of ether oxygens (including phenoxy) is 2. The molecule has 0 spiro atoms. The molecule has 3 heterocycles. The minimum atomic E-state index is -0.397. The molecule has 0 radical (unpaired) electrons. The number of aryl methyl sites for hydroxylation is 1. The van der Waals surface area contributed by atoms with Crippen LogP contribution >= 0.6 is 11.3 Å². The summed E-state index contributed by atoms with van der Waals surface area (Å²) in [4.78, 5) is 23.2. The SMILES string of the molecule is O=C(/C=C/c1ccc2c(c1)OCO2)N(CCCn1ccnc1)c1nc2c(F)cccc2s1. The van der Waals surface area contributed by atoms with Crippen LogP contribution < -0.4 is 14.4 Å². The number of benzene rings is 2. The monoisotopic (exact) mass is 450 g/mol. The van der Waals surface area contributed by atoms with Crippen LogP contribution in [0.2, 0.25) is 0 Å². The third-order valence-electron chi connectivity index (χ3n) is 5.03. The van der Waals surface area contributed by atoms with Gasteiger partial charge in [-0.2, -0.15) is 0 Å². The number of imidazole rings is 1. The standard InChI is InChI=1S/C23H19FN4O3S/c24-17-3-1-4-20-22(17)26-23(32-20)28(11-2-10-27-12-9-25-14-27)21(29)8-6-16-5-7-18-19(13-16)31-15-30-18/h1,3-9,12-14H,2,10-11,15H2/b8-6+. The first-order valence-electron chi connectivity index (χ1n) is 10.1. The summed E-state index contributed by atoms with van der Waals surface area (Å²) < 4.78 is 27.5. The van der Waals surface area contributed by atoms with Crippen molar-refractivity contribution in [2.24, 2.45) is 0 Å². The minimum Gasteiger partial charge on any atom is -0.454 e. The van der Waals surface area contributed by atoms with Gasteiger partial charge in [0.1, 0.15) is 11.3 Å². The van der Waals surface area contributed by atoms with Crippen LogP contribution in [0.1, 0.15) is 12.0 Å². The summed E-state index contributed by atoms with van der Waals surface area (Å²) in [5.41, 5.74) is 1.09. The van der Waals surface area contributed by atoms with Crippen LogP contribution in [0.25, 0.3) is 16.3 Å². The van der Waals surface area contributed by atoms with E-state index in [4.69, 9.17) is 9.47 Å². The second-order valence-electron chi connectivity index (χ2n) is 7.17. The van der Waals surface area contributed by atoms with Crippen molar-refractivity contribution in [3.05, 3.63) is 72.6 Å². The normalized spacial score (nSPS) is 12.7. The number of amides is 1. The average molecular weight is 450 g/mol. The molecule has 0 aliphatic carbocycles. The van der Waals surface area contributed by atoms with Crippen molar-refractivity contribution >= 4 is 38.7 Å². The highest BCUT2D eigenvalue weighted by Gasteiger charge is 2.19. The molecule has 2 aromatic carbocycles. The summed E-state index contributed by atoms with van der Waals surface area (Å²) >= 11 is 1.30. The van der Waals surface area contributed by atoms with Crippen molar-refractivity contribution in [1.29, 1.82) is 0 Å². The third-order valence-corrected chi connectivity index (χ3v) is 6.07. The van der Waals surface area contributed by atoms with E-state index in [0.29, 0.717) is 40.8 Å². The third kappa shape index (κ3) is 4.19. The first kappa shape index (κ1) is 20.2. The summed E-state index contributed by atoms with van der Waals surface area (Å²) in [7, 11) is 0. The maximum atomic E-state index is 14.2. The highest BCUT2D eigenvalue weighted by Crippen LogP contribution is 2.33. The lowest BCUT2D eigenvalue weighted by Gasteiger charge is -2.18. The number of halogens is 1. The molecule has 0 fully saturated rings. The van der Waals surface area contributed by atoms with Crippen LogP contribution in [-0.4, -0.2) is 33.8 Å². The van der Waals surface area contributed by atoms with Crippen LogP contribution in [0.15, 0.2) is 61.2 Å². The molecule has 1 aliphatic rings. The van der Waals surface area contributed by atoms with Gasteiger partial charge in [-0.05, 0) is 42.3 Å². The van der Waals surface area contributed by atoms with Crippen LogP contribution in [0.3, 0.4) is 0 Å². The van der Waals surface area contributed by atoms with Gasteiger partial charge in [0.25, 0.3) is 5.91 Å². The van der Waals surface area contributed by atoms with Gasteiger partial charge in [0.2, 0.25) is 6.79 Å². The number of carbonyl (C=O) groups excluding carboxylic acids is 1. The van der Waals surface area contributed by atoms with Crippen LogP contribution in [0, 0.1) is 5.82 Å². The molecule has 0 N–H and O–H groups in total. The Morgan fingerprint density at radius 1 is 1.25 bits per heavy atom. The van der Waals surface area contributed by atoms with E-state index < -0.39 is 5.82 Å². The smallest absolute Gasteiger partial charge is 0.252 e. The van der Waals surface area contributed by atoms with Crippen molar-refractivity contribution < 1.29 is 18.7 Å². The molecular formula is C23H19FN4O3S. The summed E-state index contributed by atoms with van der Waals surface area (Å²) in [5.74, 6) is 0.712. The van der Waals surface area contributed by atoms with Crippen LogP contribution in [0.4, 0.5) is 9.52 Å². The van der Waals surface area contributed by atoms with Gasteiger partial charge >= 0.3 is 0 Å². The minimum absolute atomic E-state index is 0.195. The van der Waals surface area contributed by atoms with Gasteiger partial charge in [0.15, 0.2) is 16.6 Å². The molecule has 9 heteroatoms. The number of hydrogen-bond acceptors (Lipinski definition) is 6. The van der Waals surface area contributed by atoms with E-state index in [1.165, 1.54) is 23.5 Å².